The number of ether oxygens (including phenoxy) is 1. The Morgan fingerprint density at radius 1 is 1.11 bits per heavy atom. The second kappa shape index (κ2) is 10.2. The van der Waals surface area contributed by atoms with Crippen LogP contribution in [-0.4, -0.2) is 73.9 Å². The molecule has 2 bridgehead atoms. The van der Waals surface area contributed by atoms with E-state index >= 15 is 0 Å². The molecule has 0 aromatic carbocycles. The summed E-state index contributed by atoms with van der Waals surface area (Å²) < 4.78 is 7.24. The maximum Gasteiger partial charge on any atom is 0.255 e. The summed E-state index contributed by atoms with van der Waals surface area (Å²) in [4.78, 5) is 17.9. The predicted molar refractivity (Wildman–Crippen MR) is 113 cm³/mol. The van der Waals surface area contributed by atoms with Gasteiger partial charge in [-0.25, -0.2) is 0 Å². The molecule has 2 atom stereocenters. The van der Waals surface area contributed by atoms with Crippen LogP contribution >= 0.6 is 24.8 Å². The van der Waals surface area contributed by atoms with Gasteiger partial charge in [0.15, 0.2) is 0 Å². The van der Waals surface area contributed by atoms with Gasteiger partial charge >= 0.3 is 0 Å². The lowest BCUT2D eigenvalue weighted by molar-refractivity contribution is 0.0935. The Morgan fingerprint density at radius 2 is 1.85 bits per heavy atom. The molecule has 154 valence electrons. The van der Waals surface area contributed by atoms with Gasteiger partial charge in [-0.3, -0.25) is 14.6 Å². The van der Waals surface area contributed by atoms with Crippen molar-refractivity contribution in [2.24, 2.45) is 5.92 Å². The molecule has 1 N–H and O–H groups in total. The summed E-state index contributed by atoms with van der Waals surface area (Å²) >= 11 is 0. The minimum atomic E-state index is 0. The number of aromatic nitrogens is 1. The molecule has 4 rings (SSSR count). The van der Waals surface area contributed by atoms with Crippen molar-refractivity contribution in [2.75, 3.05) is 59.5 Å². The molecule has 2 saturated heterocycles. The van der Waals surface area contributed by atoms with Gasteiger partial charge in [0.05, 0.1) is 6.61 Å². The van der Waals surface area contributed by atoms with Crippen molar-refractivity contribution < 1.29 is 4.74 Å². The average Bonchev–Trinajstić information content (AvgIpc) is 2.64. The molecule has 6 nitrogen and oxygen atoms in total. The summed E-state index contributed by atoms with van der Waals surface area (Å²) in [6.45, 7) is 9.71. The minimum Gasteiger partial charge on any atom is -0.383 e. The van der Waals surface area contributed by atoms with Crippen LogP contribution in [0.15, 0.2) is 16.9 Å². The first-order chi connectivity index (χ1) is 12.2. The van der Waals surface area contributed by atoms with Crippen LogP contribution in [-0.2, 0) is 17.8 Å². The number of nitrogens with zero attached hydrogens (tertiary/aromatic N) is 3. The van der Waals surface area contributed by atoms with E-state index in [4.69, 9.17) is 4.74 Å². The SMILES string of the molecule is COCCN1CCN(Cc2ccc3n(c2=O)C[C@@H]2CNC[C@H]3C2)CC1.Cl.Cl. The second-order valence-corrected chi connectivity index (χ2v) is 7.77. The van der Waals surface area contributed by atoms with E-state index in [1.165, 1.54) is 12.1 Å². The number of hydrogen-bond acceptors (Lipinski definition) is 5. The standard InChI is InChI=1S/C19H30N4O2.2ClH/c1-25-9-8-21-4-6-22(7-5-21)14-16-2-3-18-17-10-15(11-20-12-17)13-23(18)19(16)24;;/h2-3,15,17,20H,4-14H2,1H3;2*1H/t15-,17+;;/m0../s1. The zero-order chi connectivity index (χ0) is 17.2. The fourth-order valence-corrected chi connectivity index (χ4v) is 4.59. The summed E-state index contributed by atoms with van der Waals surface area (Å²) in [6, 6.07) is 4.29. The largest absolute Gasteiger partial charge is 0.383 e. The smallest absolute Gasteiger partial charge is 0.255 e. The van der Waals surface area contributed by atoms with Gasteiger partial charge in [-0.15, -0.1) is 24.8 Å². The average molecular weight is 419 g/mol. The highest BCUT2D eigenvalue weighted by atomic mass is 35.5. The van der Waals surface area contributed by atoms with Crippen LogP contribution in [0.4, 0.5) is 0 Å². The van der Waals surface area contributed by atoms with Crippen molar-refractivity contribution in [3.05, 3.63) is 33.7 Å². The van der Waals surface area contributed by atoms with Gasteiger partial charge in [0, 0.05) is 76.6 Å². The molecule has 0 amide bonds. The molecule has 3 aliphatic rings. The quantitative estimate of drug-likeness (QED) is 0.777. The Kier molecular flexibility index (Phi) is 8.59. The van der Waals surface area contributed by atoms with E-state index in [0.717, 1.165) is 71.1 Å². The zero-order valence-electron chi connectivity index (χ0n) is 16.1. The van der Waals surface area contributed by atoms with E-state index in [0.29, 0.717) is 11.8 Å². The van der Waals surface area contributed by atoms with Gasteiger partial charge in [0.1, 0.15) is 0 Å². The van der Waals surface area contributed by atoms with E-state index in [1.807, 2.05) is 0 Å². The van der Waals surface area contributed by atoms with E-state index in [9.17, 15) is 4.79 Å². The molecule has 8 heteroatoms. The second-order valence-electron chi connectivity index (χ2n) is 7.77. The molecule has 2 fully saturated rings. The molecular formula is C19H32Cl2N4O2. The summed E-state index contributed by atoms with van der Waals surface area (Å²) in [6.07, 6.45) is 1.23. The third-order valence-corrected chi connectivity index (χ3v) is 6.06. The van der Waals surface area contributed by atoms with Crippen molar-refractivity contribution in [3.63, 3.8) is 0 Å². The van der Waals surface area contributed by atoms with E-state index in [2.05, 4.69) is 31.8 Å². The van der Waals surface area contributed by atoms with Crippen LogP contribution < -0.4 is 10.9 Å². The molecule has 27 heavy (non-hydrogen) atoms. The van der Waals surface area contributed by atoms with E-state index < -0.39 is 0 Å². The number of hydrogen-bond donors (Lipinski definition) is 1. The van der Waals surface area contributed by atoms with Crippen LogP contribution in [0.5, 0.6) is 0 Å². The van der Waals surface area contributed by atoms with Crippen LogP contribution in [0.1, 0.15) is 23.6 Å². The lowest BCUT2D eigenvalue weighted by atomic mass is 9.84. The van der Waals surface area contributed by atoms with Crippen molar-refractivity contribution in [2.45, 2.75) is 25.4 Å². The number of nitrogens with one attached hydrogen (secondary N) is 1. The Labute approximate surface area is 174 Å². The maximum atomic E-state index is 13.0. The number of halogens is 2. The lowest BCUT2D eigenvalue weighted by Gasteiger charge is -2.38. The van der Waals surface area contributed by atoms with Crippen LogP contribution in [0.25, 0.3) is 0 Å². The highest BCUT2D eigenvalue weighted by molar-refractivity contribution is 5.85. The van der Waals surface area contributed by atoms with Crippen molar-refractivity contribution in [1.82, 2.24) is 19.7 Å². The van der Waals surface area contributed by atoms with E-state index in [1.54, 1.807) is 7.11 Å². The summed E-state index contributed by atoms with van der Waals surface area (Å²) in [5.41, 5.74) is 2.44. The van der Waals surface area contributed by atoms with Crippen molar-refractivity contribution in [3.8, 4) is 0 Å². The van der Waals surface area contributed by atoms with Gasteiger partial charge in [0.25, 0.3) is 5.56 Å². The monoisotopic (exact) mass is 418 g/mol. The summed E-state index contributed by atoms with van der Waals surface area (Å²) in [5.74, 6) is 1.13. The number of rotatable bonds is 5. The Balaban J connectivity index is 0.00000131. The number of fused-ring (bicyclic) bond motifs is 4. The first-order valence-electron chi connectivity index (χ1n) is 9.61. The molecule has 3 aliphatic heterocycles. The van der Waals surface area contributed by atoms with Crippen LogP contribution in [0.3, 0.4) is 0 Å². The Hall–Kier alpha value is -0.630. The molecule has 1 aromatic heterocycles. The van der Waals surface area contributed by atoms with Gasteiger partial charge in [0.2, 0.25) is 0 Å². The van der Waals surface area contributed by atoms with Crippen molar-refractivity contribution >= 4 is 24.8 Å². The maximum absolute atomic E-state index is 13.0. The fourth-order valence-electron chi connectivity index (χ4n) is 4.59. The molecule has 1 aromatic rings. The molecule has 0 saturated carbocycles. The highest BCUT2D eigenvalue weighted by Crippen LogP contribution is 2.31. The number of piperidine rings is 1. The third-order valence-electron chi connectivity index (χ3n) is 6.06. The molecule has 0 aliphatic carbocycles. The molecular weight excluding hydrogens is 387 g/mol. The first kappa shape index (κ1) is 22.7. The molecule has 0 radical (unpaired) electrons. The molecule has 4 heterocycles. The third kappa shape index (κ3) is 5.05. The summed E-state index contributed by atoms with van der Waals surface area (Å²) in [7, 11) is 1.75. The minimum absolute atomic E-state index is 0. The normalized spacial score (nSPS) is 25.2. The van der Waals surface area contributed by atoms with Crippen LogP contribution in [0, 0.1) is 5.92 Å². The molecule has 0 unspecified atom stereocenters. The van der Waals surface area contributed by atoms with Crippen molar-refractivity contribution in [1.29, 1.82) is 0 Å². The zero-order valence-corrected chi connectivity index (χ0v) is 17.7. The van der Waals surface area contributed by atoms with Crippen LogP contribution in [0.2, 0.25) is 0 Å². The van der Waals surface area contributed by atoms with E-state index in [-0.39, 0.29) is 30.4 Å². The Bertz CT molecular complexity index is 662. The fraction of sp³-hybridized carbons (Fsp3) is 0.737. The van der Waals surface area contributed by atoms with Gasteiger partial charge in [-0.1, -0.05) is 6.07 Å². The first-order valence-corrected chi connectivity index (χ1v) is 9.61. The molecule has 0 spiro atoms. The highest BCUT2D eigenvalue weighted by Gasteiger charge is 2.31. The summed E-state index contributed by atoms with van der Waals surface area (Å²) in [5, 5.41) is 3.51. The van der Waals surface area contributed by atoms with Gasteiger partial charge in [-0.05, 0) is 24.9 Å². The Morgan fingerprint density at radius 3 is 2.59 bits per heavy atom. The topological polar surface area (TPSA) is 49.7 Å². The van der Waals surface area contributed by atoms with Gasteiger partial charge in [-0.2, -0.15) is 0 Å². The number of piperazine rings is 1. The van der Waals surface area contributed by atoms with Gasteiger partial charge < -0.3 is 14.6 Å². The predicted octanol–water partition coefficient (Wildman–Crippen LogP) is 1.16. The number of methoxy groups -OCH3 is 1. The lowest BCUT2D eigenvalue weighted by Crippen LogP contribution is -2.48. The number of pyridine rings is 1.